The lowest BCUT2D eigenvalue weighted by atomic mass is 10.1. The summed E-state index contributed by atoms with van der Waals surface area (Å²) in [5.74, 6) is -0.140. The van der Waals surface area contributed by atoms with Gasteiger partial charge in [0.1, 0.15) is 0 Å². The number of nitrogens with zero attached hydrogens (tertiary/aromatic N) is 2. The van der Waals surface area contributed by atoms with Crippen LogP contribution in [-0.4, -0.2) is 42.7 Å². The molecule has 1 heterocycles. The van der Waals surface area contributed by atoms with Crippen molar-refractivity contribution in [2.24, 2.45) is 5.92 Å². The van der Waals surface area contributed by atoms with Crippen LogP contribution in [0.15, 0.2) is 29.2 Å². The van der Waals surface area contributed by atoms with Crippen LogP contribution in [0.3, 0.4) is 0 Å². The number of carbonyl (C=O) groups excluding carboxylic acids is 1. The molecule has 24 heavy (non-hydrogen) atoms. The van der Waals surface area contributed by atoms with E-state index in [-0.39, 0.29) is 28.4 Å². The van der Waals surface area contributed by atoms with Crippen molar-refractivity contribution in [3.63, 3.8) is 0 Å². The Bertz CT molecular complexity index is 707. The van der Waals surface area contributed by atoms with Gasteiger partial charge in [0.2, 0.25) is 15.9 Å². The number of sulfonamides is 1. The van der Waals surface area contributed by atoms with Crippen molar-refractivity contribution in [3.8, 4) is 0 Å². The zero-order valence-corrected chi connectivity index (χ0v) is 14.5. The monoisotopic (exact) mass is 355 g/mol. The fourth-order valence-corrected chi connectivity index (χ4v) is 3.97. The number of rotatable bonds is 5. The van der Waals surface area contributed by atoms with Gasteiger partial charge in [-0.1, -0.05) is 13.8 Å². The van der Waals surface area contributed by atoms with Crippen molar-refractivity contribution in [1.29, 1.82) is 0 Å². The Hall–Kier alpha value is -2.00. The lowest BCUT2D eigenvalue weighted by Gasteiger charge is -2.32. The molecule has 9 heteroatoms. The Labute approximate surface area is 141 Å². The molecule has 1 amide bonds. The van der Waals surface area contributed by atoms with Gasteiger partial charge in [0.25, 0.3) is 5.69 Å². The molecule has 0 saturated carbocycles. The molecule has 2 rings (SSSR count). The third-order valence-corrected chi connectivity index (χ3v) is 5.92. The summed E-state index contributed by atoms with van der Waals surface area (Å²) < 4.78 is 26.5. The molecular weight excluding hydrogens is 334 g/mol. The van der Waals surface area contributed by atoms with Crippen molar-refractivity contribution in [2.45, 2.75) is 37.6 Å². The van der Waals surface area contributed by atoms with Gasteiger partial charge in [-0.15, -0.1) is 0 Å². The molecule has 1 aromatic carbocycles. The first-order valence-corrected chi connectivity index (χ1v) is 9.21. The maximum Gasteiger partial charge on any atom is 0.269 e. The fraction of sp³-hybridized carbons (Fsp3) is 0.533. The number of hydrogen-bond donors (Lipinski definition) is 1. The van der Waals surface area contributed by atoms with Crippen molar-refractivity contribution in [3.05, 3.63) is 34.4 Å². The Kier molecular flexibility index (Phi) is 5.55. The summed E-state index contributed by atoms with van der Waals surface area (Å²) in [6.07, 6.45) is 1.09. The molecule has 1 fully saturated rings. The number of nitro benzene ring substituents is 1. The van der Waals surface area contributed by atoms with Gasteiger partial charge in [0.15, 0.2) is 0 Å². The molecule has 1 aliphatic rings. The van der Waals surface area contributed by atoms with Crippen LogP contribution in [0, 0.1) is 16.0 Å². The topological polar surface area (TPSA) is 110 Å². The van der Waals surface area contributed by atoms with E-state index in [1.54, 1.807) is 0 Å². The number of non-ortho nitro benzene ring substituents is 1. The molecule has 1 aliphatic heterocycles. The minimum absolute atomic E-state index is 0.0248. The van der Waals surface area contributed by atoms with E-state index in [1.807, 2.05) is 13.8 Å². The van der Waals surface area contributed by atoms with E-state index in [2.05, 4.69) is 5.32 Å². The number of hydrogen-bond acceptors (Lipinski definition) is 5. The Balaban J connectivity index is 2.02. The highest BCUT2D eigenvalue weighted by Gasteiger charge is 2.30. The van der Waals surface area contributed by atoms with E-state index in [0.29, 0.717) is 25.9 Å². The van der Waals surface area contributed by atoms with Gasteiger partial charge < -0.3 is 5.32 Å². The lowest BCUT2D eigenvalue weighted by molar-refractivity contribution is -0.384. The molecule has 0 spiro atoms. The van der Waals surface area contributed by atoms with E-state index in [9.17, 15) is 23.3 Å². The molecule has 1 aromatic rings. The Morgan fingerprint density at radius 3 is 2.25 bits per heavy atom. The highest BCUT2D eigenvalue weighted by molar-refractivity contribution is 7.89. The third-order valence-electron chi connectivity index (χ3n) is 4.01. The molecule has 0 unspecified atom stereocenters. The van der Waals surface area contributed by atoms with Crippen LogP contribution in [0.25, 0.3) is 0 Å². The quantitative estimate of drug-likeness (QED) is 0.636. The van der Waals surface area contributed by atoms with Crippen molar-refractivity contribution in [2.75, 3.05) is 13.1 Å². The van der Waals surface area contributed by atoms with E-state index < -0.39 is 14.9 Å². The molecule has 0 atom stereocenters. The third kappa shape index (κ3) is 4.09. The molecular formula is C15H21N3O5S. The van der Waals surface area contributed by atoms with Crippen LogP contribution in [0.5, 0.6) is 0 Å². The summed E-state index contributed by atoms with van der Waals surface area (Å²) in [5.41, 5.74) is -0.149. The molecule has 0 radical (unpaired) electrons. The second-order valence-corrected chi connectivity index (χ2v) is 8.03. The van der Waals surface area contributed by atoms with Gasteiger partial charge in [-0.3, -0.25) is 14.9 Å². The van der Waals surface area contributed by atoms with Gasteiger partial charge in [-0.05, 0) is 25.0 Å². The predicted octanol–water partition coefficient (Wildman–Crippen LogP) is 1.52. The van der Waals surface area contributed by atoms with Crippen LogP contribution in [-0.2, 0) is 14.8 Å². The lowest BCUT2D eigenvalue weighted by Crippen LogP contribution is -2.47. The largest absolute Gasteiger partial charge is 0.353 e. The minimum Gasteiger partial charge on any atom is -0.353 e. The Morgan fingerprint density at radius 2 is 1.79 bits per heavy atom. The molecule has 8 nitrogen and oxygen atoms in total. The van der Waals surface area contributed by atoms with Crippen LogP contribution < -0.4 is 5.32 Å². The summed E-state index contributed by atoms with van der Waals surface area (Å²) in [6.45, 7) is 4.23. The second-order valence-electron chi connectivity index (χ2n) is 6.09. The molecule has 132 valence electrons. The van der Waals surface area contributed by atoms with E-state index in [0.717, 1.165) is 0 Å². The van der Waals surface area contributed by atoms with Gasteiger partial charge in [-0.25, -0.2) is 8.42 Å². The highest BCUT2D eigenvalue weighted by Crippen LogP contribution is 2.23. The smallest absolute Gasteiger partial charge is 0.269 e. The standard InChI is InChI=1S/C15H21N3O5S/c1-11(2)15(19)16-12-7-9-17(10-8-12)24(22,23)14-5-3-13(4-6-14)18(20)21/h3-6,11-12H,7-10H2,1-2H3,(H,16,19). The highest BCUT2D eigenvalue weighted by atomic mass is 32.2. The second kappa shape index (κ2) is 7.27. The van der Waals surface area contributed by atoms with Gasteiger partial charge in [-0.2, -0.15) is 4.31 Å². The van der Waals surface area contributed by atoms with Gasteiger partial charge >= 0.3 is 0 Å². The SMILES string of the molecule is CC(C)C(=O)NC1CCN(S(=O)(=O)c2ccc([N+](=O)[O-])cc2)CC1. The maximum atomic E-state index is 12.6. The average Bonchev–Trinajstić information content (AvgIpc) is 2.55. The van der Waals surface area contributed by atoms with Crippen molar-refractivity contribution in [1.82, 2.24) is 9.62 Å². The molecule has 1 saturated heterocycles. The summed E-state index contributed by atoms with van der Waals surface area (Å²) in [7, 11) is -3.67. The number of nitrogens with one attached hydrogen (secondary N) is 1. The average molecular weight is 355 g/mol. The van der Waals surface area contributed by atoms with Crippen LogP contribution >= 0.6 is 0 Å². The number of nitro groups is 1. The number of piperidine rings is 1. The van der Waals surface area contributed by atoms with Crippen molar-refractivity contribution < 1.29 is 18.1 Å². The maximum absolute atomic E-state index is 12.6. The number of carbonyl (C=O) groups is 1. The van der Waals surface area contributed by atoms with E-state index >= 15 is 0 Å². The van der Waals surface area contributed by atoms with Crippen LogP contribution in [0.1, 0.15) is 26.7 Å². The summed E-state index contributed by atoms with van der Waals surface area (Å²) >= 11 is 0. The molecule has 0 aliphatic carbocycles. The summed E-state index contributed by atoms with van der Waals surface area (Å²) in [4.78, 5) is 21.8. The van der Waals surface area contributed by atoms with E-state index in [4.69, 9.17) is 0 Å². The minimum atomic E-state index is -3.67. The number of benzene rings is 1. The van der Waals surface area contributed by atoms with Crippen LogP contribution in [0.4, 0.5) is 5.69 Å². The zero-order chi connectivity index (χ0) is 17.9. The first-order chi connectivity index (χ1) is 11.2. The number of amides is 1. The summed E-state index contributed by atoms with van der Waals surface area (Å²) in [5, 5.41) is 13.6. The normalized spacial score (nSPS) is 17.0. The van der Waals surface area contributed by atoms with Crippen molar-refractivity contribution >= 4 is 21.6 Å². The molecule has 1 N–H and O–H groups in total. The van der Waals surface area contributed by atoms with E-state index in [1.165, 1.54) is 28.6 Å². The molecule has 0 aromatic heterocycles. The van der Waals surface area contributed by atoms with Gasteiger partial charge in [0, 0.05) is 37.2 Å². The summed E-state index contributed by atoms with van der Waals surface area (Å²) in [6, 6.07) is 4.84. The predicted molar refractivity (Wildman–Crippen MR) is 87.9 cm³/mol. The zero-order valence-electron chi connectivity index (χ0n) is 13.6. The first-order valence-electron chi connectivity index (χ1n) is 7.77. The van der Waals surface area contributed by atoms with Gasteiger partial charge in [0.05, 0.1) is 9.82 Å². The van der Waals surface area contributed by atoms with Crippen LogP contribution in [0.2, 0.25) is 0 Å². The fourth-order valence-electron chi connectivity index (χ4n) is 2.50. The Morgan fingerprint density at radius 1 is 1.25 bits per heavy atom. The first kappa shape index (κ1) is 18.3. The molecule has 0 bridgehead atoms.